The van der Waals surface area contributed by atoms with Gasteiger partial charge in [-0.1, -0.05) is 11.6 Å². The Kier molecular flexibility index (Phi) is 2.83. The van der Waals surface area contributed by atoms with Crippen molar-refractivity contribution in [1.82, 2.24) is 14.5 Å². The van der Waals surface area contributed by atoms with Crippen molar-refractivity contribution < 1.29 is 4.42 Å². The van der Waals surface area contributed by atoms with Crippen molar-refractivity contribution in [2.75, 3.05) is 0 Å². The minimum Gasteiger partial charge on any atom is -0.454 e. The summed E-state index contributed by atoms with van der Waals surface area (Å²) in [6.07, 6.45) is 3.67. The van der Waals surface area contributed by atoms with Crippen molar-refractivity contribution in [2.24, 2.45) is 7.05 Å². The van der Waals surface area contributed by atoms with Crippen LogP contribution in [0.2, 0.25) is 5.02 Å². The first-order valence-electron chi connectivity index (χ1n) is 6.33. The van der Waals surface area contributed by atoms with Crippen LogP contribution in [0.5, 0.6) is 0 Å². The standard InChI is InChI=1S/C15H10ClN3OS/c1-19-5-4-17-14(19)15-18-11(8-21-15)13-7-9-6-10(16)2-3-12(9)20-13/h2-8H,1H3. The van der Waals surface area contributed by atoms with Crippen LogP contribution in [0.1, 0.15) is 0 Å². The normalized spacial score (nSPS) is 11.3. The van der Waals surface area contributed by atoms with Gasteiger partial charge in [0.2, 0.25) is 0 Å². The summed E-state index contributed by atoms with van der Waals surface area (Å²) in [5.74, 6) is 1.59. The molecule has 0 saturated heterocycles. The van der Waals surface area contributed by atoms with E-state index in [0.717, 1.165) is 33.3 Å². The summed E-state index contributed by atoms with van der Waals surface area (Å²) in [5, 5.41) is 4.52. The molecular formula is C15H10ClN3OS. The number of aryl methyl sites for hydroxylation is 1. The molecule has 0 aliphatic rings. The monoisotopic (exact) mass is 315 g/mol. The molecule has 0 amide bonds. The first-order valence-corrected chi connectivity index (χ1v) is 7.59. The molecule has 1 aromatic carbocycles. The summed E-state index contributed by atoms with van der Waals surface area (Å²) in [5.41, 5.74) is 1.62. The highest BCUT2D eigenvalue weighted by molar-refractivity contribution is 7.13. The zero-order chi connectivity index (χ0) is 14.4. The van der Waals surface area contributed by atoms with Gasteiger partial charge in [0.05, 0.1) is 0 Å². The van der Waals surface area contributed by atoms with Gasteiger partial charge in [0.25, 0.3) is 0 Å². The third-order valence-corrected chi connectivity index (χ3v) is 4.32. The van der Waals surface area contributed by atoms with Gasteiger partial charge < -0.3 is 8.98 Å². The summed E-state index contributed by atoms with van der Waals surface area (Å²) in [6, 6.07) is 7.53. The van der Waals surface area contributed by atoms with E-state index in [4.69, 9.17) is 16.0 Å². The number of furan rings is 1. The second-order valence-corrected chi connectivity index (χ2v) is 5.99. The molecule has 6 heteroatoms. The highest BCUT2D eigenvalue weighted by Crippen LogP contribution is 2.32. The topological polar surface area (TPSA) is 43.9 Å². The summed E-state index contributed by atoms with van der Waals surface area (Å²) < 4.78 is 7.77. The van der Waals surface area contributed by atoms with Crippen LogP contribution >= 0.6 is 22.9 Å². The molecule has 3 aromatic heterocycles. The van der Waals surface area contributed by atoms with E-state index in [9.17, 15) is 0 Å². The number of rotatable bonds is 2. The van der Waals surface area contributed by atoms with Crippen LogP contribution in [0.3, 0.4) is 0 Å². The quantitative estimate of drug-likeness (QED) is 0.542. The van der Waals surface area contributed by atoms with E-state index >= 15 is 0 Å². The lowest BCUT2D eigenvalue weighted by atomic mass is 10.2. The lowest BCUT2D eigenvalue weighted by Gasteiger charge is -1.95. The second kappa shape index (κ2) is 4.72. The lowest BCUT2D eigenvalue weighted by molar-refractivity contribution is 0.629. The van der Waals surface area contributed by atoms with Gasteiger partial charge >= 0.3 is 0 Å². The van der Waals surface area contributed by atoms with Gasteiger partial charge in [0.1, 0.15) is 11.3 Å². The highest BCUT2D eigenvalue weighted by Gasteiger charge is 2.13. The molecule has 4 nitrogen and oxygen atoms in total. The van der Waals surface area contributed by atoms with Gasteiger partial charge in [0.15, 0.2) is 16.6 Å². The Hall–Kier alpha value is -2.11. The number of hydrogen-bond donors (Lipinski definition) is 0. The molecule has 0 unspecified atom stereocenters. The first kappa shape index (κ1) is 12.6. The van der Waals surface area contributed by atoms with E-state index in [1.54, 1.807) is 17.5 Å². The van der Waals surface area contributed by atoms with Crippen LogP contribution in [-0.4, -0.2) is 14.5 Å². The van der Waals surface area contributed by atoms with Gasteiger partial charge in [-0.15, -0.1) is 11.3 Å². The van der Waals surface area contributed by atoms with E-state index < -0.39 is 0 Å². The number of aromatic nitrogens is 3. The number of nitrogens with zero attached hydrogens (tertiary/aromatic N) is 3. The maximum atomic E-state index is 6.00. The van der Waals surface area contributed by atoms with E-state index in [2.05, 4.69) is 9.97 Å². The number of benzene rings is 1. The molecule has 3 heterocycles. The molecule has 0 aliphatic carbocycles. The smallest absolute Gasteiger partial charge is 0.168 e. The van der Waals surface area contributed by atoms with Crippen LogP contribution in [0, 0.1) is 0 Å². The summed E-state index contributed by atoms with van der Waals surface area (Å²) in [6.45, 7) is 0. The maximum Gasteiger partial charge on any atom is 0.168 e. The number of thiazole rings is 1. The van der Waals surface area contributed by atoms with E-state index in [1.807, 2.05) is 47.5 Å². The molecule has 104 valence electrons. The Morgan fingerprint density at radius 1 is 1.29 bits per heavy atom. The SMILES string of the molecule is Cn1ccnc1-c1nc(-c2cc3cc(Cl)ccc3o2)cs1. The summed E-state index contributed by atoms with van der Waals surface area (Å²) >= 11 is 7.55. The molecule has 0 spiro atoms. The molecule has 21 heavy (non-hydrogen) atoms. The molecule has 4 aromatic rings. The van der Waals surface area contributed by atoms with Crippen molar-refractivity contribution in [2.45, 2.75) is 0 Å². The van der Waals surface area contributed by atoms with Crippen molar-refractivity contribution in [1.29, 1.82) is 0 Å². The molecule has 0 aliphatic heterocycles. The Morgan fingerprint density at radius 2 is 2.19 bits per heavy atom. The van der Waals surface area contributed by atoms with Crippen molar-refractivity contribution in [3.05, 3.63) is 47.1 Å². The molecule has 0 fully saturated rings. The molecule has 0 N–H and O–H groups in total. The maximum absolute atomic E-state index is 6.00. The van der Waals surface area contributed by atoms with Crippen LogP contribution in [-0.2, 0) is 7.05 Å². The van der Waals surface area contributed by atoms with Crippen LogP contribution in [0.4, 0.5) is 0 Å². The number of halogens is 1. The van der Waals surface area contributed by atoms with Gasteiger partial charge in [-0.25, -0.2) is 9.97 Å². The summed E-state index contributed by atoms with van der Waals surface area (Å²) in [7, 11) is 1.95. The molecule has 0 atom stereocenters. The van der Waals surface area contributed by atoms with Gasteiger partial charge in [-0.3, -0.25) is 0 Å². The number of imidazole rings is 1. The van der Waals surface area contributed by atoms with E-state index in [-0.39, 0.29) is 0 Å². The van der Waals surface area contributed by atoms with E-state index in [0.29, 0.717) is 5.02 Å². The fraction of sp³-hybridized carbons (Fsp3) is 0.0667. The number of fused-ring (bicyclic) bond motifs is 1. The zero-order valence-electron chi connectivity index (χ0n) is 11.1. The van der Waals surface area contributed by atoms with Crippen LogP contribution in [0.15, 0.2) is 46.5 Å². The molecule has 0 bridgehead atoms. The Morgan fingerprint density at radius 3 is 3.00 bits per heavy atom. The predicted octanol–water partition coefficient (Wildman–Crippen LogP) is 4.61. The predicted molar refractivity (Wildman–Crippen MR) is 84.5 cm³/mol. The first-order chi connectivity index (χ1) is 10.2. The zero-order valence-corrected chi connectivity index (χ0v) is 12.6. The van der Waals surface area contributed by atoms with E-state index in [1.165, 1.54) is 0 Å². The average Bonchev–Trinajstić information content (AvgIpc) is 3.15. The fourth-order valence-electron chi connectivity index (χ4n) is 2.20. The number of hydrogen-bond acceptors (Lipinski definition) is 4. The Bertz CT molecular complexity index is 937. The average molecular weight is 316 g/mol. The highest BCUT2D eigenvalue weighted by atomic mass is 35.5. The molecule has 0 saturated carbocycles. The Balaban J connectivity index is 1.79. The van der Waals surface area contributed by atoms with Crippen LogP contribution < -0.4 is 0 Å². The molecule has 0 radical (unpaired) electrons. The third kappa shape index (κ3) is 2.14. The van der Waals surface area contributed by atoms with Crippen molar-refractivity contribution in [3.63, 3.8) is 0 Å². The largest absolute Gasteiger partial charge is 0.454 e. The van der Waals surface area contributed by atoms with Gasteiger partial charge in [0, 0.05) is 35.2 Å². The van der Waals surface area contributed by atoms with Crippen molar-refractivity contribution in [3.8, 4) is 22.3 Å². The minimum atomic E-state index is 0.696. The van der Waals surface area contributed by atoms with Gasteiger partial charge in [-0.05, 0) is 24.3 Å². The fourth-order valence-corrected chi connectivity index (χ4v) is 3.23. The third-order valence-electron chi connectivity index (χ3n) is 3.25. The molecular weight excluding hydrogens is 306 g/mol. The lowest BCUT2D eigenvalue weighted by Crippen LogP contribution is -1.90. The van der Waals surface area contributed by atoms with Crippen LogP contribution in [0.25, 0.3) is 33.3 Å². The molecule has 4 rings (SSSR count). The summed E-state index contributed by atoms with van der Waals surface area (Å²) in [4.78, 5) is 8.92. The minimum absolute atomic E-state index is 0.696. The Labute approximate surface area is 129 Å². The van der Waals surface area contributed by atoms with Crippen molar-refractivity contribution >= 4 is 33.9 Å². The second-order valence-electron chi connectivity index (χ2n) is 4.69. The van der Waals surface area contributed by atoms with Gasteiger partial charge in [-0.2, -0.15) is 0 Å².